The highest BCUT2D eigenvalue weighted by molar-refractivity contribution is 5.94. The number of urea groups is 1. The Morgan fingerprint density at radius 3 is 2.50 bits per heavy atom. The average Bonchev–Trinajstić information content (AvgIpc) is 3.05. The van der Waals surface area contributed by atoms with Crippen LogP contribution in [0, 0.1) is 0 Å². The second kappa shape index (κ2) is 8.19. The molecular formula is C16H21N3O5. The zero-order valence-electron chi connectivity index (χ0n) is 13.8. The maximum Gasteiger partial charge on any atom is 0.428 e. The predicted molar refractivity (Wildman–Crippen MR) is 86.5 cm³/mol. The summed E-state index contributed by atoms with van der Waals surface area (Å²) in [6.45, 7) is 4.79. The maximum atomic E-state index is 12.4. The van der Waals surface area contributed by atoms with Crippen LogP contribution in [0.4, 0.5) is 15.3 Å². The van der Waals surface area contributed by atoms with E-state index in [1.54, 1.807) is 32.0 Å². The van der Waals surface area contributed by atoms with E-state index in [-0.39, 0.29) is 13.2 Å². The molecule has 24 heavy (non-hydrogen) atoms. The fourth-order valence-electron chi connectivity index (χ4n) is 2.34. The van der Waals surface area contributed by atoms with Crippen LogP contribution in [0.15, 0.2) is 24.3 Å². The van der Waals surface area contributed by atoms with Gasteiger partial charge in [-0.15, -0.1) is 0 Å². The Morgan fingerprint density at radius 1 is 1.08 bits per heavy atom. The Balaban J connectivity index is 2.05. The highest BCUT2D eigenvalue weighted by atomic mass is 16.6. The van der Waals surface area contributed by atoms with E-state index < -0.39 is 18.1 Å². The molecule has 0 aliphatic carbocycles. The van der Waals surface area contributed by atoms with Crippen LogP contribution in [0.1, 0.15) is 30.6 Å². The van der Waals surface area contributed by atoms with Gasteiger partial charge in [0.15, 0.2) is 0 Å². The van der Waals surface area contributed by atoms with Crippen LogP contribution in [-0.4, -0.2) is 54.4 Å². The maximum absolute atomic E-state index is 12.4. The molecule has 2 rings (SSSR count). The molecule has 8 heteroatoms. The first-order chi connectivity index (χ1) is 11.6. The van der Waals surface area contributed by atoms with Crippen LogP contribution in [0.3, 0.4) is 0 Å². The number of benzene rings is 1. The van der Waals surface area contributed by atoms with Crippen molar-refractivity contribution in [3.05, 3.63) is 29.8 Å². The number of esters is 1. The molecule has 0 radical (unpaired) electrons. The number of ether oxygens (including phenoxy) is 2. The van der Waals surface area contributed by atoms with E-state index in [4.69, 9.17) is 9.47 Å². The largest absolute Gasteiger partial charge is 0.462 e. The molecule has 0 unspecified atom stereocenters. The molecule has 1 fully saturated rings. The molecule has 1 saturated heterocycles. The average molecular weight is 335 g/mol. The molecule has 1 aromatic rings. The van der Waals surface area contributed by atoms with Gasteiger partial charge in [0.25, 0.3) is 0 Å². The lowest BCUT2D eigenvalue weighted by Gasteiger charge is -2.27. The first kappa shape index (κ1) is 17.6. The minimum atomic E-state index is -0.551. The van der Waals surface area contributed by atoms with E-state index in [9.17, 15) is 14.4 Å². The standard InChI is InChI=1S/C16H21N3O5/c1-3-23-14(20)12-7-5-8-13(11-12)17-15(21)18-9-6-10-19(18)16(22)24-4-2/h5,7-8,11H,3-4,6,9-10H2,1-2H3,(H,17,21). The molecule has 1 aliphatic rings. The highest BCUT2D eigenvalue weighted by Gasteiger charge is 2.31. The van der Waals surface area contributed by atoms with Gasteiger partial charge in [-0.25, -0.2) is 24.4 Å². The molecule has 1 heterocycles. The summed E-state index contributed by atoms with van der Waals surface area (Å²) in [5.74, 6) is -0.456. The van der Waals surface area contributed by atoms with Gasteiger partial charge in [-0.2, -0.15) is 0 Å². The zero-order valence-corrected chi connectivity index (χ0v) is 13.8. The lowest BCUT2D eigenvalue weighted by Crippen LogP contribution is -2.46. The lowest BCUT2D eigenvalue weighted by molar-refractivity contribution is 0.0419. The molecule has 3 amide bonds. The molecule has 0 atom stereocenters. The van der Waals surface area contributed by atoms with Gasteiger partial charge < -0.3 is 14.8 Å². The topological polar surface area (TPSA) is 88.2 Å². The minimum absolute atomic E-state index is 0.242. The van der Waals surface area contributed by atoms with Gasteiger partial charge in [-0.1, -0.05) is 6.07 Å². The molecular weight excluding hydrogens is 314 g/mol. The second-order valence-electron chi connectivity index (χ2n) is 5.03. The van der Waals surface area contributed by atoms with Crippen LogP contribution in [-0.2, 0) is 9.47 Å². The van der Waals surface area contributed by atoms with E-state index in [2.05, 4.69) is 5.32 Å². The van der Waals surface area contributed by atoms with Crippen molar-refractivity contribution < 1.29 is 23.9 Å². The van der Waals surface area contributed by atoms with Gasteiger partial charge in [-0.3, -0.25) is 0 Å². The predicted octanol–water partition coefficient (Wildman–Crippen LogP) is 2.47. The van der Waals surface area contributed by atoms with Crippen molar-refractivity contribution in [1.82, 2.24) is 10.0 Å². The third-order valence-corrected chi connectivity index (χ3v) is 3.37. The Morgan fingerprint density at radius 2 is 1.79 bits per heavy atom. The first-order valence-electron chi connectivity index (χ1n) is 7.86. The van der Waals surface area contributed by atoms with Crippen molar-refractivity contribution in [2.45, 2.75) is 20.3 Å². The van der Waals surface area contributed by atoms with Gasteiger partial charge in [0, 0.05) is 18.8 Å². The molecule has 0 saturated carbocycles. The molecule has 0 aromatic heterocycles. The van der Waals surface area contributed by atoms with Crippen LogP contribution < -0.4 is 5.32 Å². The Hall–Kier alpha value is -2.77. The number of rotatable bonds is 4. The second-order valence-corrected chi connectivity index (χ2v) is 5.03. The molecule has 1 aromatic carbocycles. The van der Waals surface area contributed by atoms with Gasteiger partial charge >= 0.3 is 18.1 Å². The number of amides is 3. The number of carbonyl (C=O) groups is 3. The summed E-state index contributed by atoms with van der Waals surface area (Å²) in [5, 5.41) is 5.25. The van der Waals surface area contributed by atoms with Gasteiger partial charge in [0.2, 0.25) is 0 Å². The molecule has 1 N–H and O–H groups in total. The quantitative estimate of drug-likeness (QED) is 0.854. The molecule has 130 valence electrons. The Labute approximate surface area is 140 Å². The smallest absolute Gasteiger partial charge is 0.428 e. The normalized spacial score (nSPS) is 13.6. The zero-order chi connectivity index (χ0) is 17.5. The lowest BCUT2D eigenvalue weighted by atomic mass is 10.2. The third-order valence-electron chi connectivity index (χ3n) is 3.37. The molecule has 8 nitrogen and oxygen atoms in total. The SMILES string of the molecule is CCOC(=O)c1cccc(NC(=O)N2CCCN2C(=O)OCC)c1. The summed E-state index contributed by atoms with van der Waals surface area (Å²) in [4.78, 5) is 36.0. The summed E-state index contributed by atoms with van der Waals surface area (Å²) in [6, 6.07) is 5.98. The Bertz CT molecular complexity index is 619. The van der Waals surface area contributed by atoms with Gasteiger partial charge in [0.05, 0.1) is 18.8 Å². The van der Waals surface area contributed by atoms with E-state index in [1.165, 1.54) is 16.1 Å². The monoisotopic (exact) mass is 335 g/mol. The van der Waals surface area contributed by atoms with Crippen molar-refractivity contribution in [3.63, 3.8) is 0 Å². The number of hydrogen-bond acceptors (Lipinski definition) is 5. The summed E-state index contributed by atoms with van der Waals surface area (Å²) >= 11 is 0. The van der Waals surface area contributed by atoms with E-state index in [0.717, 1.165) is 0 Å². The number of carbonyl (C=O) groups excluding carboxylic acids is 3. The Kier molecular flexibility index (Phi) is 6.00. The molecule has 1 aliphatic heterocycles. The number of nitrogens with one attached hydrogen (secondary N) is 1. The van der Waals surface area contributed by atoms with Crippen molar-refractivity contribution in [2.24, 2.45) is 0 Å². The van der Waals surface area contributed by atoms with E-state index >= 15 is 0 Å². The molecule has 0 bridgehead atoms. The number of hydrazine groups is 1. The van der Waals surface area contributed by atoms with Crippen molar-refractivity contribution in [1.29, 1.82) is 0 Å². The highest BCUT2D eigenvalue weighted by Crippen LogP contribution is 2.16. The number of hydrogen-bond donors (Lipinski definition) is 1. The minimum Gasteiger partial charge on any atom is -0.462 e. The summed E-state index contributed by atoms with van der Waals surface area (Å²) < 4.78 is 9.87. The molecule has 0 spiro atoms. The number of nitrogens with zero attached hydrogens (tertiary/aromatic N) is 2. The van der Waals surface area contributed by atoms with E-state index in [0.29, 0.717) is 30.8 Å². The van der Waals surface area contributed by atoms with Crippen molar-refractivity contribution in [3.8, 4) is 0 Å². The number of anilines is 1. The van der Waals surface area contributed by atoms with E-state index in [1.807, 2.05) is 0 Å². The van der Waals surface area contributed by atoms with Gasteiger partial charge in [-0.05, 0) is 38.5 Å². The third kappa shape index (κ3) is 4.15. The summed E-state index contributed by atoms with van der Waals surface area (Å²) in [5.41, 5.74) is 0.791. The van der Waals surface area contributed by atoms with Gasteiger partial charge in [0.1, 0.15) is 0 Å². The van der Waals surface area contributed by atoms with Crippen LogP contribution in [0.5, 0.6) is 0 Å². The van der Waals surface area contributed by atoms with Crippen molar-refractivity contribution >= 4 is 23.8 Å². The summed E-state index contributed by atoms with van der Waals surface area (Å²) in [6.07, 6.45) is 0.125. The van der Waals surface area contributed by atoms with Crippen LogP contribution in [0.25, 0.3) is 0 Å². The fourth-order valence-corrected chi connectivity index (χ4v) is 2.34. The van der Waals surface area contributed by atoms with Crippen molar-refractivity contribution in [2.75, 3.05) is 31.6 Å². The first-order valence-corrected chi connectivity index (χ1v) is 7.86. The van der Waals surface area contributed by atoms with Crippen LogP contribution in [0.2, 0.25) is 0 Å². The summed E-state index contributed by atoms with van der Waals surface area (Å²) in [7, 11) is 0. The van der Waals surface area contributed by atoms with Crippen LogP contribution >= 0.6 is 0 Å². The fraction of sp³-hybridized carbons (Fsp3) is 0.438.